The summed E-state index contributed by atoms with van der Waals surface area (Å²) in [7, 11) is 0. The van der Waals surface area contributed by atoms with E-state index in [-0.39, 0.29) is 57.7 Å². The number of nitrogens with one attached hydrogen (secondary N) is 2. The first-order valence-corrected chi connectivity index (χ1v) is 29.9. The standard InChI is InChI=1S/C40H41FN10O3S.C18H21F2NO.C6H11NO/c1-21(2)22(3)51-19-32(48-49-51)24-6-4-23(5-7-24)20-53-36-34(28-8-9-31(41)37-33(28)29(15-42)38(43)55-37)45-17-30-35(36)46-40(54-27-10-12-52-13-11-27)47-39(30)50-18-25-14-26(50)16-44-25;1-4-6-7-17(20)18(16(19)5-2)15-10-8-14(9-11-15)13(3)21-12-22;1-6-3-2-4-7(6)5-8/h4-9,17,19,21-22,25-27,44H,10-14,16,18,20,43H2,1-3H3;5-13H,4H2,1-3H3,(H,21,22);5-6H,2-4H2,1H3/b;7-6-,16-5+,18-17+;. The molecule has 3 aromatic carbocycles. The van der Waals surface area contributed by atoms with Crippen molar-refractivity contribution in [1.29, 1.82) is 5.26 Å². The van der Waals surface area contributed by atoms with Crippen LogP contribution in [0.15, 0.2) is 103 Å². The van der Waals surface area contributed by atoms with Gasteiger partial charge in [-0.2, -0.15) is 15.2 Å². The first-order chi connectivity index (χ1) is 41.1. The van der Waals surface area contributed by atoms with Gasteiger partial charge in [-0.15, -0.1) is 16.4 Å². The highest BCUT2D eigenvalue weighted by molar-refractivity contribution is 7.23. The molecule has 17 nitrogen and oxygen atoms in total. The lowest BCUT2D eigenvalue weighted by Crippen LogP contribution is -2.44. The van der Waals surface area contributed by atoms with Gasteiger partial charge < -0.3 is 40.4 Å². The normalized spacial score (nSPS) is 18.8. The molecule has 21 heteroatoms. The summed E-state index contributed by atoms with van der Waals surface area (Å²) in [5.74, 6) is -0.152. The molecule has 5 atom stereocenters. The van der Waals surface area contributed by atoms with Crippen molar-refractivity contribution in [2.75, 3.05) is 43.5 Å². The lowest BCUT2D eigenvalue weighted by Gasteiger charge is -2.30. The Labute approximate surface area is 497 Å². The molecule has 0 aliphatic carbocycles. The number of nitrogen functional groups attached to an aromatic ring is 1. The van der Waals surface area contributed by atoms with E-state index in [0.29, 0.717) is 82.9 Å². The largest absolute Gasteiger partial charge is 0.484 e. The molecule has 4 N–H and O–H groups in total. The zero-order valence-corrected chi connectivity index (χ0v) is 49.8. The average molecular weight is 1180 g/mol. The molecule has 2 bridgehead atoms. The average Bonchev–Trinajstić information content (AvgIpc) is 2.15. The number of rotatable bonds is 18. The van der Waals surface area contributed by atoms with Crippen molar-refractivity contribution in [3.63, 3.8) is 0 Å². The number of nitriles is 1. The van der Waals surface area contributed by atoms with E-state index >= 15 is 4.39 Å². The van der Waals surface area contributed by atoms with Crippen LogP contribution in [0.4, 0.5) is 24.0 Å². The van der Waals surface area contributed by atoms with Crippen molar-refractivity contribution in [3.05, 3.63) is 131 Å². The number of nitrogens with two attached hydrogens (primary N) is 1. The number of nitrogens with zero attached hydrogens (tertiary/aromatic N) is 9. The van der Waals surface area contributed by atoms with Gasteiger partial charge in [0, 0.05) is 73.3 Å². The van der Waals surface area contributed by atoms with Gasteiger partial charge in [0.05, 0.1) is 52.7 Å². The molecule has 446 valence electrons. The summed E-state index contributed by atoms with van der Waals surface area (Å²) in [5, 5.41) is 26.5. The number of likely N-dealkylation sites (tertiary alicyclic amines) is 1. The fourth-order valence-electron chi connectivity index (χ4n) is 10.8. The number of thiophene rings is 1. The molecular weight excluding hydrogens is 1110 g/mol. The quantitative estimate of drug-likeness (QED) is 0.0539. The van der Waals surface area contributed by atoms with Gasteiger partial charge in [0.15, 0.2) is 5.75 Å². The Morgan fingerprint density at radius 3 is 2.42 bits per heavy atom. The highest BCUT2D eigenvalue weighted by Crippen LogP contribution is 2.46. The number of hydrogen-bond acceptors (Lipinski definition) is 15. The zero-order chi connectivity index (χ0) is 60.3. The summed E-state index contributed by atoms with van der Waals surface area (Å²) >= 11 is 1.04. The van der Waals surface area contributed by atoms with Crippen LogP contribution in [-0.2, 0) is 20.9 Å². The van der Waals surface area contributed by atoms with E-state index in [4.69, 9.17) is 34.9 Å². The maximum absolute atomic E-state index is 15.3. The number of halogens is 3. The Bertz CT molecular complexity index is 3610. The van der Waals surface area contributed by atoms with Gasteiger partial charge in [-0.3, -0.25) is 14.6 Å². The zero-order valence-electron chi connectivity index (χ0n) is 49.0. The first kappa shape index (κ1) is 61.4. The highest BCUT2D eigenvalue weighted by atomic mass is 32.1. The molecular formula is C64H73F3N12O5S. The number of aromatic nitrogens is 6. The predicted molar refractivity (Wildman–Crippen MR) is 326 cm³/mol. The van der Waals surface area contributed by atoms with Crippen molar-refractivity contribution in [2.24, 2.45) is 5.92 Å². The summed E-state index contributed by atoms with van der Waals surface area (Å²) in [6.45, 7) is 17.8. The van der Waals surface area contributed by atoms with Crippen LogP contribution in [-0.4, -0.2) is 105 Å². The van der Waals surface area contributed by atoms with E-state index in [2.05, 4.69) is 59.6 Å². The number of amides is 2. The number of carbonyl (C=O) groups excluding carboxylic acids is 2. The van der Waals surface area contributed by atoms with Gasteiger partial charge >= 0.3 is 6.01 Å². The summed E-state index contributed by atoms with van der Waals surface area (Å²) in [6, 6.07) is 21.4. The molecule has 4 saturated heterocycles. The number of piperazine rings is 1. The van der Waals surface area contributed by atoms with Gasteiger partial charge in [-0.1, -0.05) is 86.7 Å². The maximum Gasteiger partial charge on any atom is 0.319 e. The molecule has 4 fully saturated rings. The minimum Gasteiger partial charge on any atom is -0.484 e. The third-order valence-corrected chi connectivity index (χ3v) is 17.2. The highest BCUT2D eigenvalue weighted by Gasteiger charge is 2.40. The molecule has 85 heavy (non-hydrogen) atoms. The molecule has 11 rings (SSSR count). The van der Waals surface area contributed by atoms with Gasteiger partial charge in [0.2, 0.25) is 12.8 Å². The van der Waals surface area contributed by atoms with E-state index in [0.717, 1.165) is 84.8 Å². The second-order valence-electron chi connectivity index (χ2n) is 22.0. The fourth-order valence-corrected chi connectivity index (χ4v) is 11.8. The van der Waals surface area contributed by atoms with E-state index in [1.807, 2.05) is 53.9 Å². The monoisotopic (exact) mass is 1180 g/mol. The summed E-state index contributed by atoms with van der Waals surface area (Å²) in [5.41, 5.74) is 11.8. The van der Waals surface area contributed by atoms with Crippen LogP contribution >= 0.6 is 11.3 Å². The Morgan fingerprint density at radius 2 is 1.80 bits per heavy atom. The molecule has 0 spiro atoms. The second-order valence-corrected chi connectivity index (χ2v) is 23.1. The Balaban J connectivity index is 0.000000237. The number of benzene rings is 3. The number of anilines is 2. The fraction of sp³-hybridized carbons (Fsp3) is 0.406. The second kappa shape index (κ2) is 28.1. The molecule has 2 amide bonds. The number of hydrogen-bond donors (Lipinski definition) is 3. The number of fused-ring (bicyclic) bond motifs is 4. The Hall–Kier alpha value is -8.19. The molecule has 4 aliphatic heterocycles. The molecule has 4 aliphatic rings. The van der Waals surface area contributed by atoms with Crippen LogP contribution in [0.2, 0.25) is 0 Å². The van der Waals surface area contributed by atoms with Crippen molar-refractivity contribution >= 4 is 61.5 Å². The maximum atomic E-state index is 15.3. The van der Waals surface area contributed by atoms with Gasteiger partial charge in [0.1, 0.15) is 64.0 Å². The van der Waals surface area contributed by atoms with Crippen LogP contribution in [0, 0.1) is 23.1 Å². The number of ether oxygens (including phenoxy) is 3. The lowest BCUT2D eigenvalue weighted by molar-refractivity contribution is -0.118. The van der Waals surface area contributed by atoms with Gasteiger partial charge in [0.25, 0.3) is 0 Å². The van der Waals surface area contributed by atoms with Crippen LogP contribution < -0.4 is 30.7 Å². The van der Waals surface area contributed by atoms with Crippen LogP contribution in [0.25, 0.3) is 49.1 Å². The molecule has 0 saturated carbocycles. The summed E-state index contributed by atoms with van der Waals surface area (Å²) < 4.78 is 64.5. The summed E-state index contributed by atoms with van der Waals surface area (Å²) in [4.78, 5) is 39.8. The molecule has 5 unspecified atom stereocenters. The van der Waals surface area contributed by atoms with Crippen LogP contribution in [0.3, 0.4) is 0 Å². The van der Waals surface area contributed by atoms with Crippen LogP contribution in [0.1, 0.15) is 121 Å². The van der Waals surface area contributed by atoms with Crippen molar-refractivity contribution in [3.8, 4) is 40.3 Å². The van der Waals surface area contributed by atoms with Crippen LogP contribution in [0.5, 0.6) is 11.8 Å². The molecule has 4 aromatic heterocycles. The third kappa shape index (κ3) is 14.0. The molecule has 7 aromatic rings. The van der Waals surface area contributed by atoms with Crippen molar-refractivity contribution in [1.82, 2.24) is 45.5 Å². The number of carbonyl (C=O) groups is 2. The third-order valence-electron chi connectivity index (χ3n) is 16.1. The first-order valence-electron chi connectivity index (χ1n) is 29.0. The predicted octanol–water partition coefficient (Wildman–Crippen LogP) is 12.3. The SMILES string of the molecule is CC(C)C(C)n1cc(-c2ccc(COc3c(-c4ccc(F)c5sc(N)c(C#N)c45)ncc4c(N5CC6CC5CN6)nc(OC5CCOCC5)nc34)cc2)nn1.CC1CCCN1C=O.C\C=C(F)/C(=C(F)\C=C/CC)c1ccc(C(C)NC=O)cc1. The lowest BCUT2D eigenvalue weighted by atomic mass is 9.99. The van der Waals surface area contributed by atoms with Crippen molar-refractivity contribution in [2.45, 2.75) is 130 Å². The van der Waals surface area contributed by atoms with E-state index in [1.165, 1.54) is 38.0 Å². The van der Waals surface area contributed by atoms with Crippen molar-refractivity contribution < 1.29 is 37.0 Å². The topological polar surface area (TPSA) is 212 Å². The van der Waals surface area contributed by atoms with Gasteiger partial charge in [-0.05, 0) is 94.2 Å². The number of pyridine rings is 1. The Morgan fingerprint density at radius 1 is 1.04 bits per heavy atom. The number of allylic oxidation sites excluding steroid dienone is 6. The molecule has 8 heterocycles. The van der Waals surface area contributed by atoms with E-state index in [1.54, 1.807) is 42.6 Å². The smallest absolute Gasteiger partial charge is 0.319 e. The molecule has 0 radical (unpaired) electrons. The minimum atomic E-state index is -0.607. The van der Waals surface area contributed by atoms with Gasteiger partial charge in [-0.25, -0.2) is 17.9 Å². The minimum absolute atomic E-state index is 0.0604. The van der Waals surface area contributed by atoms with E-state index in [9.17, 15) is 23.6 Å². The summed E-state index contributed by atoms with van der Waals surface area (Å²) in [6.07, 6.45) is 14.9. The Kier molecular flexibility index (Phi) is 20.3. The van der Waals surface area contributed by atoms with E-state index < -0.39 is 17.5 Å².